The molecule has 1 aliphatic rings. The largest absolute Gasteiger partial charge is 0.355 e. The second-order valence-corrected chi connectivity index (χ2v) is 5.34. The van der Waals surface area contributed by atoms with Gasteiger partial charge in [-0.1, -0.05) is 15.9 Å². The van der Waals surface area contributed by atoms with E-state index in [0.717, 1.165) is 24.7 Å². The monoisotopic (exact) mass is 290 g/mol. The molecule has 16 heavy (non-hydrogen) atoms. The maximum atomic E-state index is 11.5. The van der Waals surface area contributed by atoms with E-state index in [0.29, 0.717) is 12.5 Å². The zero-order valence-electron chi connectivity index (χ0n) is 10.2. The number of nitrogens with zero attached hydrogens (tertiary/aromatic N) is 1. The first kappa shape index (κ1) is 14.0. The van der Waals surface area contributed by atoms with Crippen LogP contribution in [0.4, 0.5) is 0 Å². The zero-order valence-corrected chi connectivity index (χ0v) is 11.8. The number of amides is 1. The minimum absolute atomic E-state index is 0.201. The number of unbranched alkanes of at least 4 members (excludes halogenated alkanes) is 1. The molecule has 1 rings (SSSR count). The molecule has 0 aromatic rings. The average Bonchev–Trinajstić information content (AvgIpc) is 2.79. The van der Waals surface area contributed by atoms with Crippen molar-refractivity contribution in [1.82, 2.24) is 10.2 Å². The van der Waals surface area contributed by atoms with Gasteiger partial charge >= 0.3 is 0 Å². The molecule has 0 radical (unpaired) electrons. The van der Waals surface area contributed by atoms with Gasteiger partial charge in [-0.05, 0) is 45.7 Å². The molecule has 1 N–H and O–H groups in total. The quantitative estimate of drug-likeness (QED) is 0.576. The van der Waals surface area contributed by atoms with Gasteiger partial charge in [-0.3, -0.25) is 9.69 Å². The number of carbonyl (C=O) groups excluding carboxylic acids is 1. The number of rotatable bonds is 7. The molecule has 0 aromatic heterocycles. The van der Waals surface area contributed by atoms with E-state index in [1.807, 2.05) is 0 Å². The maximum absolute atomic E-state index is 11.5. The van der Waals surface area contributed by atoms with E-state index in [-0.39, 0.29) is 5.91 Å². The Labute approximate surface area is 107 Å². The Morgan fingerprint density at radius 2 is 2.06 bits per heavy atom. The van der Waals surface area contributed by atoms with Gasteiger partial charge in [-0.2, -0.15) is 0 Å². The third kappa shape index (κ3) is 5.30. The highest BCUT2D eigenvalue weighted by Gasteiger charge is 2.17. The van der Waals surface area contributed by atoms with E-state index in [1.165, 1.54) is 25.9 Å². The smallest absolute Gasteiger partial charge is 0.220 e. The Balaban J connectivity index is 2.06. The first-order chi connectivity index (χ1) is 7.74. The Hall–Kier alpha value is -0.0900. The van der Waals surface area contributed by atoms with Crippen molar-refractivity contribution in [3.8, 4) is 0 Å². The minimum atomic E-state index is 0.201. The second kappa shape index (κ2) is 8.07. The van der Waals surface area contributed by atoms with Crippen molar-refractivity contribution < 1.29 is 4.79 Å². The fraction of sp³-hybridized carbons (Fsp3) is 0.917. The molecule has 1 aliphatic heterocycles. The summed E-state index contributed by atoms with van der Waals surface area (Å²) in [5, 5.41) is 4.01. The number of alkyl halides is 1. The van der Waals surface area contributed by atoms with E-state index in [2.05, 4.69) is 33.1 Å². The minimum Gasteiger partial charge on any atom is -0.355 e. The van der Waals surface area contributed by atoms with Gasteiger partial charge in [-0.25, -0.2) is 0 Å². The van der Waals surface area contributed by atoms with Gasteiger partial charge in [0.1, 0.15) is 0 Å². The zero-order chi connectivity index (χ0) is 11.8. The van der Waals surface area contributed by atoms with E-state index in [4.69, 9.17) is 0 Å². The fourth-order valence-electron chi connectivity index (χ4n) is 2.04. The Kier molecular flexibility index (Phi) is 7.05. The highest BCUT2D eigenvalue weighted by atomic mass is 79.9. The van der Waals surface area contributed by atoms with Crippen LogP contribution in [-0.2, 0) is 4.79 Å². The summed E-state index contributed by atoms with van der Waals surface area (Å²) in [5.41, 5.74) is 0. The number of hydrogen-bond acceptors (Lipinski definition) is 2. The summed E-state index contributed by atoms with van der Waals surface area (Å²) in [7, 11) is 0. The average molecular weight is 291 g/mol. The number of hydrogen-bond donors (Lipinski definition) is 1. The van der Waals surface area contributed by atoms with Gasteiger partial charge in [0.2, 0.25) is 5.91 Å². The van der Waals surface area contributed by atoms with Crippen molar-refractivity contribution in [3.63, 3.8) is 0 Å². The summed E-state index contributed by atoms with van der Waals surface area (Å²) in [6.07, 6.45) is 5.34. The van der Waals surface area contributed by atoms with Gasteiger partial charge in [-0.15, -0.1) is 0 Å². The van der Waals surface area contributed by atoms with Gasteiger partial charge in [0, 0.05) is 24.3 Å². The summed E-state index contributed by atoms with van der Waals surface area (Å²) >= 11 is 3.37. The van der Waals surface area contributed by atoms with Crippen LogP contribution in [0.1, 0.15) is 39.0 Å². The van der Waals surface area contributed by atoms with Crippen LogP contribution >= 0.6 is 15.9 Å². The van der Waals surface area contributed by atoms with Gasteiger partial charge in [0.05, 0.1) is 0 Å². The molecule has 3 nitrogen and oxygen atoms in total. The third-order valence-electron chi connectivity index (χ3n) is 3.15. The van der Waals surface area contributed by atoms with Crippen LogP contribution in [0.2, 0.25) is 0 Å². The predicted molar refractivity (Wildman–Crippen MR) is 70.9 cm³/mol. The lowest BCUT2D eigenvalue weighted by molar-refractivity contribution is -0.121. The Morgan fingerprint density at radius 1 is 1.38 bits per heavy atom. The van der Waals surface area contributed by atoms with Crippen LogP contribution in [0.5, 0.6) is 0 Å². The van der Waals surface area contributed by atoms with Crippen molar-refractivity contribution >= 4 is 21.8 Å². The number of nitrogens with one attached hydrogen (secondary N) is 1. The normalized spacial score (nSPS) is 18.6. The standard InChI is InChI=1S/C12H23BrN2O/c1-11(15-8-4-5-9-15)10-14-12(16)6-2-3-7-13/h11H,2-10H2,1H3,(H,14,16). The summed E-state index contributed by atoms with van der Waals surface area (Å²) in [4.78, 5) is 13.9. The van der Waals surface area contributed by atoms with E-state index in [1.54, 1.807) is 0 Å². The molecule has 1 saturated heterocycles. The van der Waals surface area contributed by atoms with Crippen molar-refractivity contribution in [1.29, 1.82) is 0 Å². The first-order valence-electron chi connectivity index (χ1n) is 6.30. The SMILES string of the molecule is CC(CNC(=O)CCCCBr)N1CCCC1. The van der Waals surface area contributed by atoms with Crippen LogP contribution in [-0.4, -0.2) is 41.8 Å². The lowest BCUT2D eigenvalue weighted by Crippen LogP contribution is -2.40. The number of carbonyl (C=O) groups is 1. The molecule has 1 unspecified atom stereocenters. The Bertz CT molecular complexity index is 205. The lowest BCUT2D eigenvalue weighted by atomic mass is 10.2. The molecule has 0 aromatic carbocycles. The van der Waals surface area contributed by atoms with Crippen LogP contribution in [0.3, 0.4) is 0 Å². The molecule has 1 atom stereocenters. The van der Waals surface area contributed by atoms with Gasteiger partial charge < -0.3 is 5.32 Å². The molecular weight excluding hydrogens is 268 g/mol. The number of halogens is 1. The molecular formula is C12H23BrN2O. The topological polar surface area (TPSA) is 32.3 Å². The molecule has 4 heteroatoms. The summed E-state index contributed by atoms with van der Waals surface area (Å²) < 4.78 is 0. The van der Waals surface area contributed by atoms with Crippen molar-refractivity contribution in [2.75, 3.05) is 25.0 Å². The number of likely N-dealkylation sites (tertiary alicyclic amines) is 1. The van der Waals surface area contributed by atoms with Crippen molar-refractivity contribution in [2.45, 2.75) is 45.1 Å². The molecule has 0 aliphatic carbocycles. The molecule has 94 valence electrons. The van der Waals surface area contributed by atoms with Crippen LogP contribution in [0, 0.1) is 0 Å². The molecule has 0 bridgehead atoms. The van der Waals surface area contributed by atoms with Crippen molar-refractivity contribution in [2.24, 2.45) is 0 Å². The lowest BCUT2D eigenvalue weighted by Gasteiger charge is -2.23. The highest BCUT2D eigenvalue weighted by Crippen LogP contribution is 2.10. The van der Waals surface area contributed by atoms with Gasteiger partial charge in [0.25, 0.3) is 0 Å². The molecule has 0 saturated carbocycles. The maximum Gasteiger partial charge on any atom is 0.220 e. The van der Waals surface area contributed by atoms with Crippen molar-refractivity contribution in [3.05, 3.63) is 0 Å². The summed E-state index contributed by atoms with van der Waals surface area (Å²) in [5.74, 6) is 0.201. The van der Waals surface area contributed by atoms with E-state index >= 15 is 0 Å². The Morgan fingerprint density at radius 3 is 2.69 bits per heavy atom. The highest BCUT2D eigenvalue weighted by molar-refractivity contribution is 9.09. The van der Waals surface area contributed by atoms with Gasteiger partial charge in [0.15, 0.2) is 0 Å². The first-order valence-corrected chi connectivity index (χ1v) is 7.43. The third-order valence-corrected chi connectivity index (χ3v) is 3.71. The fourth-order valence-corrected chi connectivity index (χ4v) is 2.44. The molecule has 1 amide bonds. The second-order valence-electron chi connectivity index (χ2n) is 4.54. The van der Waals surface area contributed by atoms with E-state index < -0.39 is 0 Å². The molecule has 1 fully saturated rings. The molecule has 0 spiro atoms. The van der Waals surface area contributed by atoms with Crippen LogP contribution in [0.25, 0.3) is 0 Å². The summed E-state index contributed by atoms with van der Waals surface area (Å²) in [6, 6.07) is 0.489. The summed E-state index contributed by atoms with van der Waals surface area (Å²) in [6.45, 7) is 5.39. The predicted octanol–water partition coefficient (Wildman–Crippen LogP) is 2.15. The van der Waals surface area contributed by atoms with E-state index in [9.17, 15) is 4.79 Å². The molecule has 1 heterocycles. The van der Waals surface area contributed by atoms with Crippen LogP contribution < -0.4 is 5.32 Å². The van der Waals surface area contributed by atoms with Crippen LogP contribution in [0.15, 0.2) is 0 Å².